The summed E-state index contributed by atoms with van der Waals surface area (Å²) in [5.74, 6) is -0.203. The molecule has 0 saturated carbocycles. The van der Waals surface area contributed by atoms with Gasteiger partial charge in [-0.1, -0.05) is 12.1 Å². The van der Waals surface area contributed by atoms with Crippen molar-refractivity contribution in [2.24, 2.45) is 0 Å². The zero-order valence-electron chi connectivity index (χ0n) is 13.3. The standard InChI is InChI=1S/C16H19FN4O2/c1-10-19-13(8-14(22)20-10)9-18-16(23)15(21(2)3)11-5-4-6-12(17)7-11/h4-8,15H,9H2,1-3H3,(H,18,23)(H,19,20,22)/t15-/m1/s1. The Morgan fingerprint density at radius 3 is 2.74 bits per heavy atom. The van der Waals surface area contributed by atoms with E-state index in [0.29, 0.717) is 17.1 Å². The van der Waals surface area contributed by atoms with Gasteiger partial charge in [-0.15, -0.1) is 0 Å². The lowest BCUT2D eigenvalue weighted by Gasteiger charge is -2.23. The fourth-order valence-electron chi connectivity index (χ4n) is 2.37. The number of nitrogens with zero attached hydrogens (tertiary/aromatic N) is 2. The number of carbonyl (C=O) groups is 1. The van der Waals surface area contributed by atoms with Crippen LogP contribution in [0.1, 0.15) is 23.1 Å². The summed E-state index contributed by atoms with van der Waals surface area (Å²) in [4.78, 5) is 32.2. The molecule has 1 aromatic heterocycles. The Kier molecular flexibility index (Phi) is 5.23. The number of nitrogens with one attached hydrogen (secondary N) is 2. The highest BCUT2D eigenvalue weighted by molar-refractivity contribution is 5.83. The molecule has 1 atom stereocenters. The number of hydrogen-bond acceptors (Lipinski definition) is 4. The van der Waals surface area contributed by atoms with E-state index in [9.17, 15) is 14.0 Å². The van der Waals surface area contributed by atoms with Crippen LogP contribution in [-0.2, 0) is 11.3 Å². The minimum absolute atomic E-state index is 0.128. The first kappa shape index (κ1) is 16.8. The van der Waals surface area contributed by atoms with Gasteiger partial charge in [0.1, 0.15) is 17.7 Å². The second-order valence-corrected chi connectivity index (χ2v) is 5.46. The summed E-state index contributed by atoms with van der Waals surface area (Å²) >= 11 is 0. The molecular weight excluding hydrogens is 299 g/mol. The van der Waals surface area contributed by atoms with Crippen LogP contribution in [0.3, 0.4) is 0 Å². The molecule has 0 radical (unpaired) electrons. The molecule has 6 nitrogen and oxygen atoms in total. The number of halogens is 1. The van der Waals surface area contributed by atoms with Crippen molar-refractivity contribution in [2.75, 3.05) is 14.1 Å². The summed E-state index contributed by atoms with van der Waals surface area (Å²) in [7, 11) is 3.48. The molecule has 23 heavy (non-hydrogen) atoms. The minimum Gasteiger partial charge on any atom is -0.349 e. The average molecular weight is 318 g/mol. The van der Waals surface area contributed by atoms with Crippen molar-refractivity contribution in [1.82, 2.24) is 20.2 Å². The SMILES string of the molecule is Cc1nc(CNC(=O)[C@@H](c2cccc(F)c2)N(C)C)cc(=O)[nH]1. The maximum Gasteiger partial charge on any atom is 0.251 e. The summed E-state index contributed by atoms with van der Waals surface area (Å²) in [5, 5.41) is 2.73. The van der Waals surface area contributed by atoms with Gasteiger partial charge in [-0.25, -0.2) is 9.37 Å². The number of benzene rings is 1. The quantitative estimate of drug-likeness (QED) is 0.866. The summed E-state index contributed by atoms with van der Waals surface area (Å²) in [5.41, 5.74) is 0.759. The van der Waals surface area contributed by atoms with Crippen molar-refractivity contribution in [3.63, 3.8) is 0 Å². The van der Waals surface area contributed by atoms with Crippen molar-refractivity contribution in [2.45, 2.75) is 19.5 Å². The number of likely N-dealkylation sites (N-methyl/N-ethyl adjacent to an activating group) is 1. The normalized spacial score (nSPS) is 12.2. The molecule has 122 valence electrons. The topological polar surface area (TPSA) is 78.1 Å². The molecular formula is C16H19FN4O2. The third kappa shape index (κ3) is 4.46. The summed E-state index contributed by atoms with van der Waals surface area (Å²) in [6, 6.07) is 6.63. The molecule has 1 aromatic carbocycles. The largest absolute Gasteiger partial charge is 0.349 e. The van der Waals surface area contributed by atoms with Gasteiger partial charge in [0.05, 0.1) is 12.2 Å². The lowest BCUT2D eigenvalue weighted by molar-refractivity contribution is -0.126. The Bertz CT molecular complexity index is 758. The molecule has 2 aromatic rings. The molecule has 0 aliphatic heterocycles. The van der Waals surface area contributed by atoms with Crippen molar-refractivity contribution >= 4 is 5.91 Å². The van der Waals surface area contributed by atoms with E-state index >= 15 is 0 Å². The number of carbonyl (C=O) groups excluding carboxylic acids is 1. The summed E-state index contributed by atoms with van der Waals surface area (Å²) < 4.78 is 13.4. The first-order valence-electron chi connectivity index (χ1n) is 7.13. The molecule has 0 aliphatic carbocycles. The van der Waals surface area contributed by atoms with E-state index in [1.807, 2.05) is 0 Å². The van der Waals surface area contributed by atoms with Gasteiger partial charge in [0, 0.05) is 6.07 Å². The van der Waals surface area contributed by atoms with Gasteiger partial charge in [0.15, 0.2) is 0 Å². The molecule has 2 N–H and O–H groups in total. The lowest BCUT2D eigenvalue weighted by Crippen LogP contribution is -2.37. The van der Waals surface area contributed by atoms with Gasteiger partial charge in [0.25, 0.3) is 5.56 Å². The highest BCUT2D eigenvalue weighted by Gasteiger charge is 2.23. The molecule has 0 fully saturated rings. The van der Waals surface area contributed by atoms with Gasteiger partial charge in [-0.05, 0) is 38.7 Å². The van der Waals surface area contributed by atoms with Crippen LogP contribution in [0.2, 0.25) is 0 Å². The van der Waals surface area contributed by atoms with E-state index in [-0.39, 0.29) is 18.0 Å². The second-order valence-electron chi connectivity index (χ2n) is 5.46. The Hall–Kier alpha value is -2.54. The number of H-pyrrole nitrogens is 1. The number of aromatic amines is 1. The van der Waals surface area contributed by atoms with E-state index in [0.717, 1.165) is 0 Å². The van der Waals surface area contributed by atoms with Crippen LogP contribution in [0.15, 0.2) is 35.1 Å². The second kappa shape index (κ2) is 7.15. The summed E-state index contributed by atoms with van der Waals surface area (Å²) in [6.45, 7) is 1.80. The molecule has 0 bridgehead atoms. The highest BCUT2D eigenvalue weighted by atomic mass is 19.1. The van der Waals surface area contributed by atoms with Crippen LogP contribution in [0.5, 0.6) is 0 Å². The molecule has 0 saturated heterocycles. The number of aromatic nitrogens is 2. The van der Waals surface area contributed by atoms with Crippen LogP contribution >= 0.6 is 0 Å². The highest BCUT2D eigenvalue weighted by Crippen LogP contribution is 2.19. The van der Waals surface area contributed by atoms with E-state index in [1.54, 1.807) is 38.1 Å². The van der Waals surface area contributed by atoms with E-state index in [1.165, 1.54) is 18.2 Å². The third-order valence-electron chi connectivity index (χ3n) is 3.29. The van der Waals surface area contributed by atoms with Crippen molar-refractivity contribution in [3.05, 3.63) is 63.6 Å². The number of hydrogen-bond donors (Lipinski definition) is 2. The van der Waals surface area contributed by atoms with Gasteiger partial charge in [0.2, 0.25) is 5.91 Å². The number of rotatable bonds is 5. The maximum atomic E-state index is 13.4. The predicted molar refractivity (Wildman–Crippen MR) is 84.3 cm³/mol. The van der Waals surface area contributed by atoms with Gasteiger partial charge < -0.3 is 10.3 Å². The van der Waals surface area contributed by atoms with Crippen molar-refractivity contribution in [3.8, 4) is 0 Å². The monoisotopic (exact) mass is 318 g/mol. The summed E-state index contributed by atoms with van der Waals surface area (Å²) in [6.07, 6.45) is 0. The third-order valence-corrected chi connectivity index (χ3v) is 3.29. The molecule has 1 heterocycles. The average Bonchev–Trinajstić information content (AvgIpc) is 2.44. The molecule has 2 rings (SSSR count). The van der Waals surface area contributed by atoms with Crippen LogP contribution in [-0.4, -0.2) is 34.9 Å². The first-order valence-corrected chi connectivity index (χ1v) is 7.13. The van der Waals surface area contributed by atoms with E-state index < -0.39 is 11.9 Å². The van der Waals surface area contributed by atoms with Gasteiger partial charge in [-0.2, -0.15) is 0 Å². The van der Waals surface area contributed by atoms with E-state index in [4.69, 9.17) is 0 Å². The number of amides is 1. The van der Waals surface area contributed by atoms with Gasteiger partial charge in [-0.3, -0.25) is 14.5 Å². The maximum absolute atomic E-state index is 13.4. The molecule has 0 spiro atoms. The van der Waals surface area contributed by atoms with Crippen LogP contribution in [0.25, 0.3) is 0 Å². The zero-order chi connectivity index (χ0) is 17.0. The Balaban J connectivity index is 2.14. The molecule has 7 heteroatoms. The van der Waals surface area contributed by atoms with Crippen LogP contribution < -0.4 is 10.9 Å². The Labute approximate surface area is 133 Å². The van der Waals surface area contributed by atoms with Gasteiger partial charge >= 0.3 is 0 Å². The smallest absolute Gasteiger partial charge is 0.251 e. The molecule has 0 unspecified atom stereocenters. The zero-order valence-corrected chi connectivity index (χ0v) is 13.3. The lowest BCUT2D eigenvalue weighted by atomic mass is 10.1. The van der Waals surface area contributed by atoms with Crippen molar-refractivity contribution < 1.29 is 9.18 Å². The molecule has 1 amide bonds. The molecule has 0 aliphatic rings. The predicted octanol–water partition coefficient (Wildman–Crippen LogP) is 1.14. The minimum atomic E-state index is -0.631. The Morgan fingerprint density at radius 2 is 2.13 bits per heavy atom. The van der Waals surface area contributed by atoms with Crippen molar-refractivity contribution in [1.29, 1.82) is 0 Å². The number of aryl methyl sites for hydroxylation is 1. The fourth-order valence-corrected chi connectivity index (χ4v) is 2.37. The Morgan fingerprint density at radius 1 is 1.39 bits per heavy atom. The van der Waals surface area contributed by atoms with E-state index in [2.05, 4.69) is 15.3 Å². The fraction of sp³-hybridized carbons (Fsp3) is 0.312. The van der Waals surface area contributed by atoms with Crippen LogP contribution in [0, 0.1) is 12.7 Å². The van der Waals surface area contributed by atoms with Crippen LogP contribution in [0.4, 0.5) is 4.39 Å². The first-order chi connectivity index (χ1) is 10.9.